The van der Waals surface area contributed by atoms with Crippen LogP contribution in [0, 0.1) is 0 Å². The maximum atomic E-state index is 12.9. The van der Waals surface area contributed by atoms with Gasteiger partial charge in [0, 0.05) is 18.7 Å². The molecule has 10 heteroatoms. The number of guanidine groups is 1. The number of H-pyrrole nitrogens is 1. The normalized spacial score (nSPS) is 11.7. The van der Waals surface area contributed by atoms with Crippen LogP contribution in [0.15, 0.2) is 59.9 Å². The summed E-state index contributed by atoms with van der Waals surface area (Å²) in [5, 5.41) is 13.0. The Kier molecular flexibility index (Phi) is 8.63. The summed E-state index contributed by atoms with van der Waals surface area (Å²) in [4.78, 5) is 8.53. The van der Waals surface area contributed by atoms with Crippen molar-refractivity contribution in [2.45, 2.75) is 26.2 Å². The van der Waals surface area contributed by atoms with Gasteiger partial charge in [0.15, 0.2) is 11.8 Å². The molecule has 0 bridgehead atoms. The van der Waals surface area contributed by atoms with E-state index in [2.05, 4.69) is 30.8 Å². The Balaban J connectivity index is 0.00000320. The number of alkyl halides is 3. The number of aromatic amines is 1. The monoisotopic (exact) mass is 530 g/mol. The second-order valence-corrected chi connectivity index (χ2v) is 6.28. The van der Waals surface area contributed by atoms with Gasteiger partial charge in [-0.3, -0.25) is 5.10 Å². The van der Waals surface area contributed by atoms with E-state index in [1.54, 1.807) is 6.07 Å². The number of halogens is 4. The number of aromatic nitrogens is 3. The highest BCUT2D eigenvalue weighted by atomic mass is 127. The van der Waals surface area contributed by atoms with Crippen molar-refractivity contribution in [2.24, 2.45) is 4.99 Å². The molecule has 0 unspecified atom stereocenters. The van der Waals surface area contributed by atoms with Crippen molar-refractivity contribution < 1.29 is 13.2 Å². The quantitative estimate of drug-likeness (QED) is 0.252. The first-order valence-corrected chi connectivity index (χ1v) is 9.08. The highest BCUT2D eigenvalue weighted by molar-refractivity contribution is 14.0. The zero-order chi connectivity index (χ0) is 20.7. The van der Waals surface area contributed by atoms with Gasteiger partial charge in [-0.25, -0.2) is 9.98 Å². The van der Waals surface area contributed by atoms with Crippen LogP contribution in [-0.2, 0) is 19.3 Å². The van der Waals surface area contributed by atoms with Gasteiger partial charge in [-0.15, -0.1) is 24.0 Å². The molecule has 1 heterocycles. The summed E-state index contributed by atoms with van der Waals surface area (Å²) in [5.74, 6) is 1.20. The Morgan fingerprint density at radius 3 is 2.53 bits per heavy atom. The number of hydrogen-bond donors (Lipinski definition) is 3. The van der Waals surface area contributed by atoms with Crippen molar-refractivity contribution in [2.75, 3.05) is 6.54 Å². The minimum atomic E-state index is -4.36. The lowest BCUT2D eigenvalue weighted by Crippen LogP contribution is -2.36. The molecule has 3 N–H and O–H groups in total. The molecule has 30 heavy (non-hydrogen) atoms. The van der Waals surface area contributed by atoms with Crippen LogP contribution in [-0.4, -0.2) is 27.7 Å². The molecule has 1 aromatic heterocycles. The summed E-state index contributed by atoms with van der Waals surface area (Å²) in [6.45, 7) is 3.19. The van der Waals surface area contributed by atoms with E-state index >= 15 is 0 Å². The fourth-order valence-corrected chi connectivity index (χ4v) is 2.72. The van der Waals surface area contributed by atoms with Crippen molar-refractivity contribution in [3.63, 3.8) is 0 Å². The molecule has 0 fully saturated rings. The summed E-state index contributed by atoms with van der Waals surface area (Å²) in [6.07, 6.45) is -2.92. The van der Waals surface area contributed by atoms with Crippen LogP contribution in [0.3, 0.4) is 0 Å². The van der Waals surface area contributed by atoms with E-state index in [9.17, 15) is 13.2 Å². The first-order chi connectivity index (χ1) is 14.0. The molecule has 0 spiro atoms. The molecular formula is C20H22F3IN6. The van der Waals surface area contributed by atoms with Gasteiger partial charge < -0.3 is 10.6 Å². The lowest BCUT2D eigenvalue weighted by Gasteiger charge is -2.12. The van der Waals surface area contributed by atoms with Gasteiger partial charge in [0.05, 0.1) is 12.1 Å². The van der Waals surface area contributed by atoms with Gasteiger partial charge in [-0.2, -0.15) is 18.3 Å². The molecule has 0 atom stereocenters. The van der Waals surface area contributed by atoms with Gasteiger partial charge in [0.25, 0.3) is 0 Å². The second-order valence-electron chi connectivity index (χ2n) is 6.28. The first-order valence-electron chi connectivity index (χ1n) is 9.08. The van der Waals surface area contributed by atoms with E-state index in [1.807, 2.05) is 31.2 Å². The third-order valence-corrected chi connectivity index (χ3v) is 4.09. The van der Waals surface area contributed by atoms with Crippen LogP contribution < -0.4 is 10.6 Å². The summed E-state index contributed by atoms with van der Waals surface area (Å²) >= 11 is 0. The molecule has 0 aliphatic rings. The molecule has 0 saturated heterocycles. The SMILES string of the molecule is CCNC(=NCc1cccc(C(F)(F)F)c1)NCc1cccc(-c2ncn[nH]2)c1.I. The van der Waals surface area contributed by atoms with E-state index in [4.69, 9.17) is 0 Å². The molecule has 0 radical (unpaired) electrons. The number of benzene rings is 2. The third kappa shape index (κ3) is 6.71. The largest absolute Gasteiger partial charge is 0.416 e. The Labute approximate surface area is 189 Å². The van der Waals surface area contributed by atoms with E-state index in [1.165, 1.54) is 12.4 Å². The third-order valence-electron chi connectivity index (χ3n) is 4.09. The molecule has 6 nitrogen and oxygen atoms in total. The van der Waals surface area contributed by atoms with Crippen LogP contribution in [0.25, 0.3) is 11.4 Å². The van der Waals surface area contributed by atoms with E-state index in [0.717, 1.165) is 23.3 Å². The molecule has 0 aliphatic heterocycles. The predicted molar refractivity (Wildman–Crippen MR) is 120 cm³/mol. The number of hydrogen-bond acceptors (Lipinski definition) is 3. The Hall–Kier alpha value is -2.63. The molecule has 3 rings (SSSR count). The fraction of sp³-hybridized carbons (Fsp3) is 0.250. The smallest absolute Gasteiger partial charge is 0.357 e. The Morgan fingerprint density at radius 1 is 1.07 bits per heavy atom. The maximum absolute atomic E-state index is 12.9. The summed E-state index contributed by atoms with van der Waals surface area (Å²) in [7, 11) is 0. The van der Waals surface area contributed by atoms with Crippen LogP contribution in [0.1, 0.15) is 23.6 Å². The van der Waals surface area contributed by atoms with Crippen LogP contribution in [0.5, 0.6) is 0 Å². The van der Waals surface area contributed by atoms with Gasteiger partial charge in [0.1, 0.15) is 6.33 Å². The first kappa shape index (κ1) is 23.6. The van der Waals surface area contributed by atoms with Gasteiger partial charge in [0.2, 0.25) is 0 Å². The standard InChI is InChI=1S/C20H21F3N6.HI/c1-2-24-19(26-12-15-6-4-8-17(10-15)20(21,22)23)25-11-14-5-3-7-16(9-14)18-27-13-28-29-18;/h3-10,13H,2,11-12H2,1H3,(H2,24,25,26)(H,27,28,29);1H. The molecule has 3 aromatic rings. The number of nitrogens with one attached hydrogen (secondary N) is 3. The average molecular weight is 530 g/mol. The lowest BCUT2D eigenvalue weighted by molar-refractivity contribution is -0.137. The molecule has 0 aliphatic carbocycles. The highest BCUT2D eigenvalue weighted by Gasteiger charge is 2.30. The zero-order valence-electron chi connectivity index (χ0n) is 16.2. The van der Waals surface area contributed by atoms with Crippen molar-refractivity contribution >= 4 is 29.9 Å². The van der Waals surface area contributed by atoms with E-state index < -0.39 is 11.7 Å². The van der Waals surface area contributed by atoms with Crippen molar-refractivity contribution in [1.82, 2.24) is 25.8 Å². The summed E-state index contributed by atoms with van der Waals surface area (Å²) < 4.78 is 38.6. The number of nitrogens with zero attached hydrogens (tertiary/aromatic N) is 3. The minimum absolute atomic E-state index is 0. The summed E-state index contributed by atoms with van der Waals surface area (Å²) in [6, 6.07) is 13.0. The van der Waals surface area contributed by atoms with Crippen LogP contribution >= 0.6 is 24.0 Å². The highest BCUT2D eigenvalue weighted by Crippen LogP contribution is 2.29. The van der Waals surface area contributed by atoms with E-state index in [-0.39, 0.29) is 30.5 Å². The zero-order valence-corrected chi connectivity index (χ0v) is 18.5. The number of rotatable bonds is 6. The molecular weight excluding hydrogens is 508 g/mol. The number of aliphatic imine (C=N–C) groups is 1. The lowest BCUT2D eigenvalue weighted by atomic mass is 10.1. The van der Waals surface area contributed by atoms with Gasteiger partial charge >= 0.3 is 6.18 Å². The van der Waals surface area contributed by atoms with E-state index in [0.29, 0.717) is 30.4 Å². The fourth-order valence-electron chi connectivity index (χ4n) is 2.72. The van der Waals surface area contributed by atoms with Gasteiger partial charge in [-0.05, 0) is 36.2 Å². The van der Waals surface area contributed by atoms with Crippen LogP contribution in [0.2, 0.25) is 0 Å². The van der Waals surface area contributed by atoms with Crippen molar-refractivity contribution in [1.29, 1.82) is 0 Å². The van der Waals surface area contributed by atoms with Crippen LogP contribution in [0.4, 0.5) is 13.2 Å². The van der Waals surface area contributed by atoms with Gasteiger partial charge in [-0.1, -0.05) is 30.3 Å². The topological polar surface area (TPSA) is 78.0 Å². The van der Waals surface area contributed by atoms with Crippen molar-refractivity contribution in [3.05, 3.63) is 71.5 Å². The second kappa shape index (κ2) is 11.0. The molecule has 160 valence electrons. The predicted octanol–water partition coefficient (Wildman–Crippen LogP) is 4.36. The molecule has 0 saturated carbocycles. The Morgan fingerprint density at radius 2 is 1.83 bits per heavy atom. The molecule has 2 aromatic carbocycles. The van der Waals surface area contributed by atoms with Crippen molar-refractivity contribution in [3.8, 4) is 11.4 Å². The molecule has 0 amide bonds. The Bertz CT molecular complexity index is 957. The maximum Gasteiger partial charge on any atom is 0.416 e. The average Bonchev–Trinajstić information content (AvgIpc) is 3.25. The minimum Gasteiger partial charge on any atom is -0.357 e. The summed E-state index contributed by atoms with van der Waals surface area (Å²) in [5.41, 5.74) is 1.73.